The number of anilines is 2. The van der Waals surface area contributed by atoms with Crippen LogP contribution in [0.25, 0.3) is 0 Å². The average molecular weight is 235 g/mol. The summed E-state index contributed by atoms with van der Waals surface area (Å²) in [5.74, 6) is 0.846. The third-order valence-electron chi connectivity index (χ3n) is 3.68. The zero-order valence-corrected chi connectivity index (χ0v) is 10.6. The topological polar surface area (TPSA) is 62.4 Å². The van der Waals surface area contributed by atoms with E-state index >= 15 is 0 Å². The second-order valence-corrected chi connectivity index (χ2v) is 4.93. The maximum absolute atomic E-state index is 10.0. The van der Waals surface area contributed by atoms with Crippen LogP contribution in [0.1, 0.15) is 31.2 Å². The molecule has 0 saturated heterocycles. The van der Waals surface area contributed by atoms with Gasteiger partial charge in [0.25, 0.3) is 0 Å². The van der Waals surface area contributed by atoms with Crippen molar-refractivity contribution in [2.75, 3.05) is 17.7 Å². The summed E-state index contributed by atoms with van der Waals surface area (Å²) in [5, 5.41) is 10.0. The van der Waals surface area contributed by atoms with Gasteiger partial charge in [-0.3, -0.25) is 0 Å². The van der Waals surface area contributed by atoms with Crippen molar-refractivity contribution in [2.45, 2.75) is 44.8 Å². The van der Waals surface area contributed by atoms with Gasteiger partial charge in [0.2, 0.25) is 0 Å². The van der Waals surface area contributed by atoms with E-state index in [4.69, 9.17) is 5.73 Å². The molecular weight excluding hydrogens is 214 g/mol. The number of aryl methyl sites for hydroxylation is 1. The Morgan fingerprint density at radius 3 is 2.76 bits per heavy atom. The van der Waals surface area contributed by atoms with Crippen LogP contribution in [-0.4, -0.2) is 29.3 Å². The lowest BCUT2D eigenvalue weighted by Gasteiger charge is -2.36. The minimum absolute atomic E-state index is 0.165. The van der Waals surface area contributed by atoms with E-state index in [-0.39, 0.29) is 12.1 Å². The minimum atomic E-state index is -0.252. The highest BCUT2D eigenvalue weighted by Crippen LogP contribution is 2.26. The number of nitrogens with zero attached hydrogens (tertiary/aromatic N) is 2. The summed E-state index contributed by atoms with van der Waals surface area (Å²) in [7, 11) is 1.98. The molecule has 1 aromatic rings. The standard InChI is InChI=1S/C13H21N3O/c1-9-8-15-13(7-10(9)14)16(2)11-5-3-4-6-12(11)17/h7-8,11-12,17H,3-6H2,1-2H3,(H2,14,15). The summed E-state index contributed by atoms with van der Waals surface area (Å²) in [6.45, 7) is 1.95. The van der Waals surface area contributed by atoms with E-state index in [1.807, 2.05) is 20.0 Å². The van der Waals surface area contributed by atoms with E-state index in [1.54, 1.807) is 6.20 Å². The SMILES string of the molecule is Cc1cnc(N(C)C2CCCCC2O)cc1N. The van der Waals surface area contributed by atoms with Gasteiger partial charge < -0.3 is 15.7 Å². The molecule has 0 radical (unpaired) electrons. The van der Waals surface area contributed by atoms with Gasteiger partial charge in [0.05, 0.1) is 12.1 Å². The number of hydrogen-bond acceptors (Lipinski definition) is 4. The van der Waals surface area contributed by atoms with Gasteiger partial charge in [0, 0.05) is 25.0 Å². The Morgan fingerprint density at radius 2 is 2.12 bits per heavy atom. The molecular formula is C13H21N3O. The number of nitrogen functional groups attached to an aromatic ring is 1. The molecule has 1 aliphatic rings. The lowest BCUT2D eigenvalue weighted by atomic mass is 9.91. The highest BCUT2D eigenvalue weighted by molar-refractivity contribution is 5.54. The lowest BCUT2D eigenvalue weighted by Crippen LogP contribution is -2.43. The molecule has 2 atom stereocenters. The maximum atomic E-state index is 10.0. The zero-order valence-electron chi connectivity index (χ0n) is 10.6. The van der Waals surface area contributed by atoms with E-state index in [9.17, 15) is 5.11 Å². The molecule has 94 valence electrons. The van der Waals surface area contributed by atoms with Crippen LogP contribution >= 0.6 is 0 Å². The second kappa shape index (κ2) is 4.92. The fourth-order valence-corrected chi connectivity index (χ4v) is 2.43. The Labute approximate surface area is 102 Å². The molecule has 1 aromatic heterocycles. The van der Waals surface area contributed by atoms with Crippen LogP contribution in [0.2, 0.25) is 0 Å². The molecule has 17 heavy (non-hydrogen) atoms. The molecule has 1 aliphatic carbocycles. The highest BCUT2D eigenvalue weighted by Gasteiger charge is 2.27. The third-order valence-corrected chi connectivity index (χ3v) is 3.68. The van der Waals surface area contributed by atoms with Crippen molar-refractivity contribution in [1.29, 1.82) is 0 Å². The van der Waals surface area contributed by atoms with E-state index in [1.165, 1.54) is 6.42 Å². The fraction of sp³-hybridized carbons (Fsp3) is 0.615. The molecule has 3 N–H and O–H groups in total. The second-order valence-electron chi connectivity index (χ2n) is 4.93. The van der Waals surface area contributed by atoms with Crippen LogP contribution in [0.4, 0.5) is 11.5 Å². The smallest absolute Gasteiger partial charge is 0.130 e. The van der Waals surface area contributed by atoms with Crippen LogP contribution in [-0.2, 0) is 0 Å². The van der Waals surface area contributed by atoms with Gasteiger partial charge in [0.15, 0.2) is 0 Å². The van der Waals surface area contributed by atoms with Crippen molar-refractivity contribution in [1.82, 2.24) is 4.98 Å². The van der Waals surface area contributed by atoms with Gasteiger partial charge in [-0.05, 0) is 25.3 Å². The molecule has 2 unspecified atom stereocenters. The molecule has 0 aliphatic heterocycles. The summed E-state index contributed by atoms with van der Waals surface area (Å²) < 4.78 is 0. The first-order valence-corrected chi connectivity index (χ1v) is 6.22. The van der Waals surface area contributed by atoms with Crippen molar-refractivity contribution in [2.24, 2.45) is 0 Å². The van der Waals surface area contributed by atoms with E-state index in [0.29, 0.717) is 0 Å². The number of aliphatic hydroxyl groups excluding tert-OH is 1. The predicted molar refractivity (Wildman–Crippen MR) is 70.1 cm³/mol. The van der Waals surface area contributed by atoms with Gasteiger partial charge >= 0.3 is 0 Å². The van der Waals surface area contributed by atoms with Gasteiger partial charge in [-0.15, -0.1) is 0 Å². The van der Waals surface area contributed by atoms with E-state index < -0.39 is 0 Å². The number of aliphatic hydroxyl groups is 1. The Morgan fingerprint density at radius 1 is 1.41 bits per heavy atom. The molecule has 0 aromatic carbocycles. The summed E-state index contributed by atoms with van der Waals surface area (Å²) in [6.07, 6.45) is 5.74. The summed E-state index contributed by atoms with van der Waals surface area (Å²) >= 11 is 0. The Bertz CT molecular complexity index is 394. The van der Waals surface area contributed by atoms with Crippen LogP contribution < -0.4 is 10.6 Å². The van der Waals surface area contributed by atoms with Crippen molar-refractivity contribution < 1.29 is 5.11 Å². The monoisotopic (exact) mass is 235 g/mol. The Balaban J connectivity index is 2.17. The lowest BCUT2D eigenvalue weighted by molar-refractivity contribution is 0.106. The molecule has 4 nitrogen and oxygen atoms in total. The molecule has 4 heteroatoms. The number of likely N-dealkylation sites (N-methyl/N-ethyl adjacent to an activating group) is 1. The molecule has 1 saturated carbocycles. The van der Waals surface area contributed by atoms with Gasteiger partial charge in [-0.2, -0.15) is 0 Å². The van der Waals surface area contributed by atoms with Gasteiger partial charge in [0.1, 0.15) is 5.82 Å². The third kappa shape index (κ3) is 2.52. The van der Waals surface area contributed by atoms with Crippen molar-refractivity contribution in [3.8, 4) is 0 Å². The zero-order chi connectivity index (χ0) is 12.4. The summed E-state index contributed by atoms with van der Waals surface area (Å²) in [5.41, 5.74) is 7.64. The maximum Gasteiger partial charge on any atom is 0.130 e. The average Bonchev–Trinajstić information content (AvgIpc) is 2.32. The minimum Gasteiger partial charge on any atom is -0.398 e. The normalized spacial score (nSPS) is 24.6. The van der Waals surface area contributed by atoms with Crippen molar-refractivity contribution in [3.63, 3.8) is 0 Å². The predicted octanol–water partition coefficient (Wildman–Crippen LogP) is 1.71. The molecule has 0 spiro atoms. The number of rotatable bonds is 2. The molecule has 1 heterocycles. The quantitative estimate of drug-likeness (QED) is 0.819. The van der Waals surface area contributed by atoms with E-state index in [0.717, 1.165) is 36.3 Å². The molecule has 1 fully saturated rings. The number of aromatic nitrogens is 1. The first-order valence-electron chi connectivity index (χ1n) is 6.22. The van der Waals surface area contributed by atoms with E-state index in [2.05, 4.69) is 9.88 Å². The first kappa shape index (κ1) is 12.2. The molecule has 0 bridgehead atoms. The number of nitrogens with two attached hydrogens (primary N) is 1. The molecule has 2 rings (SSSR count). The van der Waals surface area contributed by atoms with Crippen molar-refractivity contribution in [3.05, 3.63) is 17.8 Å². The number of pyridine rings is 1. The largest absolute Gasteiger partial charge is 0.398 e. The molecule has 0 amide bonds. The van der Waals surface area contributed by atoms with Crippen LogP contribution in [0.15, 0.2) is 12.3 Å². The van der Waals surface area contributed by atoms with Gasteiger partial charge in [-0.25, -0.2) is 4.98 Å². The fourth-order valence-electron chi connectivity index (χ4n) is 2.43. The van der Waals surface area contributed by atoms with Crippen molar-refractivity contribution >= 4 is 11.5 Å². The van der Waals surface area contributed by atoms with Crippen LogP contribution in [0.3, 0.4) is 0 Å². The van der Waals surface area contributed by atoms with Crippen LogP contribution in [0, 0.1) is 6.92 Å². The Hall–Kier alpha value is -1.29. The van der Waals surface area contributed by atoms with Crippen LogP contribution in [0.5, 0.6) is 0 Å². The highest BCUT2D eigenvalue weighted by atomic mass is 16.3. The summed E-state index contributed by atoms with van der Waals surface area (Å²) in [4.78, 5) is 6.44. The number of hydrogen-bond donors (Lipinski definition) is 2. The Kier molecular flexibility index (Phi) is 3.52. The van der Waals surface area contributed by atoms with Gasteiger partial charge in [-0.1, -0.05) is 12.8 Å². The first-order chi connectivity index (χ1) is 8.09. The summed E-state index contributed by atoms with van der Waals surface area (Å²) in [6, 6.07) is 2.05.